The molecule has 0 spiro atoms. The fraction of sp³-hybridized carbons (Fsp3) is 0.280. The highest BCUT2D eigenvalue weighted by Crippen LogP contribution is 2.49. The predicted octanol–water partition coefficient (Wildman–Crippen LogP) is 7.64. The topological polar surface area (TPSA) is 9.23 Å². The number of fused-ring (bicyclic) bond motifs is 3. The first kappa shape index (κ1) is 19.6. The standard InChI is InChI=1S/C25H23F3O/c1-3-4-5-6-18-11-14-21-20-13-12-19(17-9-7-16(2)8-10-17)15-22(20)25(27,28)29-24(21)23(18)26/h7-15H,3-6H2,1-2H3. The average Bonchev–Trinajstić information content (AvgIpc) is 2.71. The van der Waals surface area contributed by atoms with Crippen molar-refractivity contribution in [3.05, 3.63) is 77.1 Å². The van der Waals surface area contributed by atoms with E-state index in [1.807, 2.05) is 31.2 Å². The zero-order chi connectivity index (χ0) is 20.6. The minimum atomic E-state index is -3.59. The van der Waals surface area contributed by atoms with Gasteiger partial charge < -0.3 is 4.74 Å². The predicted molar refractivity (Wildman–Crippen MR) is 110 cm³/mol. The molecule has 0 aromatic heterocycles. The molecule has 1 nitrogen and oxygen atoms in total. The van der Waals surface area contributed by atoms with Crippen molar-refractivity contribution in [2.75, 3.05) is 0 Å². The van der Waals surface area contributed by atoms with Crippen molar-refractivity contribution in [2.24, 2.45) is 0 Å². The third-order valence-corrected chi connectivity index (χ3v) is 5.47. The molecule has 4 rings (SSSR count). The maximum Gasteiger partial charge on any atom is 0.427 e. The molecule has 1 heterocycles. The smallest absolute Gasteiger partial charge is 0.425 e. The summed E-state index contributed by atoms with van der Waals surface area (Å²) in [7, 11) is 0. The Bertz CT molecular complexity index is 1040. The van der Waals surface area contributed by atoms with Crippen molar-refractivity contribution in [3.8, 4) is 28.0 Å². The van der Waals surface area contributed by atoms with Gasteiger partial charge in [-0.1, -0.05) is 73.9 Å². The molecule has 4 heteroatoms. The second-order valence-corrected chi connectivity index (χ2v) is 7.62. The lowest BCUT2D eigenvalue weighted by Gasteiger charge is -2.29. The SMILES string of the molecule is CCCCCc1ccc2c(c1F)OC(F)(F)c1cc(-c3ccc(C)cc3)ccc1-2. The van der Waals surface area contributed by atoms with Crippen LogP contribution < -0.4 is 4.74 Å². The summed E-state index contributed by atoms with van der Waals surface area (Å²) in [4.78, 5) is 0. The highest BCUT2D eigenvalue weighted by atomic mass is 19.3. The summed E-state index contributed by atoms with van der Waals surface area (Å²) in [6.45, 7) is 4.04. The highest BCUT2D eigenvalue weighted by Gasteiger charge is 2.43. The van der Waals surface area contributed by atoms with Crippen molar-refractivity contribution >= 4 is 0 Å². The van der Waals surface area contributed by atoms with Crippen LogP contribution in [-0.4, -0.2) is 0 Å². The van der Waals surface area contributed by atoms with Crippen LogP contribution in [0.15, 0.2) is 54.6 Å². The number of hydrogen-bond acceptors (Lipinski definition) is 1. The normalized spacial score (nSPS) is 14.1. The lowest BCUT2D eigenvalue weighted by molar-refractivity contribution is -0.188. The number of alkyl halides is 2. The van der Waals surface area contributed by atoms with E-state index in [-0.39, 0.29) is 11.3 Å². The van der Waals surface area contributed by atoms with Gasteiger partial charge in [0.05, 0.1) is 5.56 Å². The average molecular weight is 396 g/mol. The first-order valence-electron chi connectivity index (χ1n) is 10.0. The molecule has 0 saturated heterocycles. The van der Waals surface area contributed by atoms with E-state index in [0.717, 1.165) is 30.4 Å². The highest BCUT2D eigenvalue weighted by molar-refractivity contribution is 5.80. The summed E-state index contributed by atoms with van der Waals surface area (Å²) in [6.07, 6.45) is -0.276. The molecule has 0 amide bonds. The molecule has 3 aromatic rings. The second-order valence-electron chi connectivity index (χ2n) is 7.62. The zero-order valence-electron chi connectivity index (χ0n) is 16.6. The molecule has 0 atom stereocenters. The first-order valence-corrected chi connectivity index (χ1v) is 10.0. The van der Waals surface area contributed by atoms with Crippen molar-refractivity contribution < 1.29 is 17.9 Å². The molecular formula is C25H23F3O. The van der Waals surface area contributed by atoms with Crippen LogP contribution in [0.2, 0.25) is 0 Å². The van der Waals surface area contributed by atoms with Gasteiger partial charge in [0.1, 0.15) is 0 Å². The van der Waals surface area contributed by atoms with E-state index in [4.69, 9.17) is 4.74 Å². The molecule has 0 radical (unpaired) electrons. The zero-order valence-corrected chi connectivity index (χ0v) is 16.6. The van der Waals surface area contributed by atoms with Gasteiger partial charge in [-0.25, -0.2) is 4.39 Å². The van der Waals surface area contributed by atoms with Crippen molar-refractivity contribution in [2.45, 2.75) is 45.6 Å². The number of unbranched alkanes of at least 4 members (excludes halogenated alkanes) is 2. The Morgan fingerprint density at radius 3 is 2.28 bits per heavy atom. The fourth-order valence-electron chi connectivity index (χ4n) is 3.80. The van der Waals surface area contributed by atoms with Gasteiger partial charge >= 0.3 is 6.11 Å². The molecule has 0 bridgehead atoms. The number of halogens is 3. The Morgan fingerprint density at radius 2 is 1.55 bits per heavy atom. The molecule has 29 heavy (non-hydrogen) atoms. The summed E-state index contributed by atoms with van der Waals surface area (Å²) < 4.78 is 49.6. The Morgan fingerprint density at radius 1 is 0.862 bits per heavy atom. The van der Waals surface area contributed by atoms with Crippen LogP contribution in [0.25, 0.3) is 22.3 Å². The number of rotatable bonds is 5. The van der Waals surface area contributed by atoms with Crippen LogP contribution >= 0.6 is 0 Å². The maximum atomic E-state index is 14.9. The molecule has 3 aromatic carbocycles. The number of benzene rings is 3. The Kier molecular flexibility index (Phi) is 5.12. The van der Waals surface area contributed by atoms with Crippen LogP contribution in [0.1, 0.15) is 42.9 Å². The van der Waals surface area contributed by atoms with Crippen molar-refractivity contribution in [3.63, 3.8) is 0 Å². The molecule has 0 saturated carbocycles. The Balaban J connectivity index is 1.77. The van der Waals surface area contributed by atoms with Gasteiger partial charge in [-0.15, -0.1) is 0 Å². The maximum absolute atomic E-state index is 14.9. The van der Waals surface area contributed by atoms with E-state index in [9.17, 15) is 13.2 Å². The van der Waals surface area contributed by atoms with Crippen LogP contribution in [0, 0.1) is 12.7 Å². The summed E-state index contributed by atoms with van der Waals surface area (Å²) in [5.74, 6) is -1.02. The summed E-state index contributed by atoms with van der Waals surface area (Å²) in [5.41, 5.74) is 3.49. The number of hydrogen-bond donors (Lipinski definition) is 0. The third kappa shape index (κ3) is 3.64. The van der Waals surface area contributed by atoms with E-state index < -0.39 is 11.9 Å². The molecule has 0 unspecified atom stereocenters. The second kappa shape index (κ2) is 7.58. The van der Waals surface area contributed by atoms with Crippen molar-refractivity contribution in [1.29, 1.82) is 0 Å². The van der Waals surface area contributed by atoms with E-state index in [1.54, 1.807) is 24.3 Å². The van der Waals surface area contributed by atoms with Gasteiger partial charge in [0.15, 0.2) is 11.6 Å². The molecular weight excluding hydrogens is 373 g/mol. The van der Waals surface area contributed by atoms with Gasteiger partial charge in [0, 0.05) is 5.56 Å². The van der Waals surface area contributed by atoms with Gasteiger partial charge in [-0.2, -0.15) is 8.78 Å². The third-order valence-electron chi connectivity index (χ3n) is 5.47. The van der Waals surface area contributed by atoms with Gasteiger partial charge in [0.25, 0.3) is 0 Å². The molecule has 1 aliphatic heterocycles. The van der Waals surface area contributed by atoms with Crippen LogP contribution in [0.4, 0.5) is 13.2 Å². The lowest BCUT2D eigenvalue weighted by Crippen LogP contribution is -2.27. The fourth-order valence-corrected chi connectivity index (χ4v) is 3.80. The van der Waals surface area contributed by atoms with Gasteiger partial charge in [0.2, 0.25) is 0 Å². The first-order chi connectivity index (χ1) is 13.9. The number of aryl methyl sites for hydroxylation is 2. The van der Waals surface area contributed by atoms with Gasteiger partial charge in [-0.3, -0.25) is 0 Å². The Labute approximate surface area is 169 Å². The largest absolute Gasteiger partial charge is 0.427 e. The minimum absolute atomic E-state index is 0.235. The number of ether oxygens (including phenoxy) is 1. The van der Waals surface area contributed by atoms with Crippen molar-refractivity contribution in [1.82, 2.24) is 0 Å². The minimum Gasteiger partial charge on any atom is -0.425 e. The van der Waals surface area contributed by atoms with Crippen LogP contribution in [0.3, 0.4) is 0 Å². The summed E-state index contributed by atoms with van der Waals surface area (Å²) in [5, 5.41) is 0. The lowest BCUT2D eigenvalue weighted by atomic mass is 9.90. The van der Waals surface area contributed by atoms with E-state index in [0.29, 0.717) is 28.7 Å². The molecule has 150 valence electrons. The summed E-state index contributed by atoms with van der Waals surface area (Å²) >= 11 is 0. The summed E-state index contributed by atoms with van der Waals surface area (Å²) in [6, 6.07) is 15.9. The molecule has 0 N–H and O–H groups in total. The monoisotopic (exact) mass is 396 g/mol. The van der Waals surface area contributed by atoms with Crippen LogP contribution in [-0.2, 0) is 12.5 Å². The quantitative estimate of drug-likeness (QED) is 0.403. The molecule has 1 aliphatic rings. The van der Waals surface area contributed by atoms with E-state index in [1.165, 1.54) is 6.07 Å². The van der Waals surface area contributed by atoms with Gasteiger partial charge in [-0.05, 0) is 48.1 Å². The molecule has 0 fully saturated rings. The molecule has 0 aliphatic carbocycles. The van der Waals surface area contributed by atoms with E-state index >= 15 is 0 Å². The Hall–Kier alpha value is -2.75. The van der Waals surface area contributed by atoms with Crippen LogP contribution in [0.5, 0.6) is 5.75 Å². The van der Waals surface area contributed by atoms with E-state index in [2.05, 4.69) is 6.92 Å².